The molecule has 1 heterocycles. The summed E-state index contributed by atoms with van der Waals surface area (Å²) in [5.74, 6) is 2.95. The zero-order chi connectivity index (χ0) is 46.2. The lowest BCUT2D eigenvalue weighted by Crippen LogP contribution is -2.67. The van der Waals surface area contributed by atoms with Gasteiger partial charge in [0.2, 0.25) is 11.4 Å². The fourth-order valence-electron chi connectivity index (χ4n) is 15.8. The number of para-hydroxylation sites is 1. The fourth-order valence-corrected chi connectivity index (χ4v) is 15.8. The first kappa shape index (κ1) is 48.4. The molecule has 5 fully saturated rings. The van der Waals surface area contributed by atoms with Crippen LogP contribution < -0.4 is 15.2 Å². The second-order valence-electron chi connectivity index (χ2n) is 23.0. The van der Waals surface area contributed by atoms with E-state index in [1.165, 1.54) is 63.4 Å². The van der Waals surface area contributed by atoms with E-state index in [1.807, 2.05) is 24.3 Å². The smallest absolute Gasteiger partial charge is 0.298 e. The fraction of sp³-hybridized carbons (Fsp3) is 0.714. The maximum Gasteiger partial charge on any atom is 0.298 e. The van der Waals surface area contributed by atoms with Crippen LogP contribution in [-0.2, 0) is 25.7 Å². The number of aliphatic hydroxyl groups excluding tert-OH is 1. The predicted molar refractivity (Wildman–Crippen MR) is 258 cm³/mol. The Labute approximate surface area is 386 Å². The molecule has 2 amide bonds. The number of amides is 2. The molecule has 0 saturated heterocycles. The maximum absolute atomic E-state index is 14.6. The van der Waals surface area contributed by atoms with Crippen molar-refractivity contribution >= 4 is 34.9 Å². The van der Waals surface area contributed by atoms with Crippen molar-refractivity contribution in [3.63, 3.8) is 0 Å². The Kier molecular flexibility index (Phi) is 14.4. The summed E-state index contributed by atoms with van der Waals surface area (Å²) in [7, 11) is 0. The quantitative estimate of drug-likeness (QED) is 0.0366. The molecule has 1 aromatic heterocycles. The topological polar surface area (TPSA) is 109 Å². The lowest BCUT2D eigenvalue weighted by atomic mass is 9.32. The maximum atomic E-state index is 14.6. The Morgan fingerprint density at radius 1 is 0.828 bits per heavy atom. The number of hydrogen-bond acceptors (Lipinski definition) is 5. The van der Waals surface area contributed by atoms with E-state index in [4.69, 9.17) is 4.74 Å². The summed E-state index contributed by atoms with van der Waals surface area (Å²) < 4.78 is 7.25. The van der Waals surface area contributed by atoms with Gasteiger partial charge >= 0.3 is 0 Å². The van der Waals surface area contributed by atoms with Crippen molar-refractivity contribution in [3.8, 4) is 0 Å². The van der Waals surface area contributed by atoms with Crippen LogP contribution in [0.25, 0.3) is 10.9 Å². The Hall–Kier alpha value is -3.52. The average molecular weight is 879 g/mol. The Bertz CT molecular complexity index is 2110. The minimum absolute atomic E-state index is 0.0347. The average Bonchev–Trinajstić information content (AvgIpc) is 3.66. The highest BCUT2D eigenvalue weighted by Crippen LogP contribution is 2.77. The molecule has 1 aromatic carbocycles. The highest BCUT2D eigenvalue weighted by atomic mass is 16.5. The monoisotopic (exact) mass is 879 g/mol. The number of allylic oxidation sites excluding steroid dienone is 2. The number of rotatable bonds is 17. The zero-order valence-corrected chi connectivity index (χ0v) is 41.3. The molecule has 2 aromatic rings. The number of nitrogens with zero attached hydrogens (tertiary/aromatic N) is 1. The van der Waals surface area contributed by atoms with Gasteiger partial charge in [0.1, 0.15) is 12.3 Å². The van der Waals surface area contributed by atoms with Crippen molar-refractivity contribution < 1.29 is 28.8 Å². The summed E-state index contributed by atoms with van der Waals surface area (Å²) in [5.41, 5.74) is 5.00. The molecule has 352 valence electrons. The van der Waals surface area contributed by atoms with E-state index < -0.39 is 0 Å². The molecule has 64 heavy (non-hydrogen) atoms. The molecule has 10 atom stereocenters. The molecule has 0 radical (unpaired) electrons. The standard InChI is InChI=1S/C56H83N3O5/c1-37(2)41-25-30-56(32-31-54(9)43(49(41)56)23-24-47-53(8)28-27-48(61)52(6,7)46(53)26-29-55(47,54)10)51(63)57-33-19-15-13-11-12-14-16-20-34-59-38(3)35-44(42-21-17-18-22-45(42)59)58-50(62)39(4)40(5)64-36-60/h17-18,21-22,35-36,41,43,46-49,61H,1,11-16,19-20,23-34H2,2-10H3,(H,57,63)/p+1/b40-39-/t41?,43?,46?,47?,48-,49?,53-,54+,55+,56-/m0/s1. The molecule has 0 aliphatic heterocycles. The first-order chi connectivity index (χ1) is 30.4. The number of carbonyl (C=O) groups excluding carboxylic acids is 3. The third-order valence-corrected chi connectivity index (χ3v) is 19.7. The van der Waals surface area contributed by atoms with Gasteiger partial charge in [-0.2, -0.15) is 4.57 Å². The van der Waals surface area contributed by atoms with E-state index in [1.54, 1.807) is 13.8 Å². The third-order valence-electron chi connectivity index (χ3n) is 19.7. The van der Waals surface area contributed by atoms with E-state index in [0.717, 1.165) is 93.2 Å². The van der Waals surface area contributed by atoms with E-state index in [2.05, 4.69) is 76.3 Å². The number of ether oxygens (including phenoxy) is 1. The lowest BCUT2D eigenvalue weighted by Gasteiger charge is -2.72. The number of anilines is 1. The SMILES string of the molecule is C=C(C)C1CC[C@]2(C(=O)NCCCCCCCCCC[n+]3c(C)cc(NC(=O)/C(C)=C(/C)OC=O)c4ccccc43)CC[C@]3(C)C(CCC4[C@@]5(C)CC[C@H](O)C(C)(C)C5CC[C@]43C)C12. The Morgan fingerprint density at radius 2 is 1.52 bits per heavy atom. The van der Waals surface area contributed by atoms with Gasteiger partial charge < -0.3 is 20.5 Å². The molecule has 5 unspecified atom stereocenters. The van der Waals surface area contributed by atoms with Crippen LogP contribution >= 0.6 is 0 Å². The number of hydrogen-bond donors (Lipinski definition) is 3. The summed E-state index contributed by atoms with van der Waals surface area (Å²) in [4.78, 5) is 38.3. The van der Waals surface area contributed by atoms with Gasteiger partial charge in [-0.25, -0.2) is 0 Å². The predicted octanol–water partition coefficient (Wildman–Crippen LogP) is 12.1. The van der Waals surface area contributed by atoms with Gasteiger partial charge in [0.25, 0.3) is 12.4 Å². The van der Waals surface area contributed by atoms with Gasteiger partial charge in [0.15, 0.2) is 5.69 Å². The minimum Gasteiger partial charge on any atom is -0.433 e. The summed E-state index contributed by atoms with van der Waals surface area (Å²) in [6, 6.07) is 10.2. The lowest BCUT2D eigenvalue weighted by molar-refractivity contribution is -0.677. The van der Waals surface area contributed by atoms with Crippen molar-refractivity contribution in [2.45, 2.75) is 191 Å². The van der Waals surface area contributed by atoms with Crippen molar-refractivity contribution in [1.82, 2.24) is 5.32 Å². The van der Waals surface area contributed by atoms with Crippen LogP contribution in [0, 0.1) is 63.6 Å². The highest BCUT2D eigenvalue weighted by Gasteiger charge is 2.71. The van der Waals surface area contributed by atoms with E-state index in [0.29, 0.717) is 47.5 Å². The van der Waals surface area contributed by atoms with Gasteiger partial charge in [0, 0.05) is 32.0 Å². The number of aliphatic hydroxyl groups is 1. The van der Waals surface area contributed by atoms with Gasteiger partial charge in [-0.05, 0) is 155 Å². The molecule has 0 spiro atoms. The number of nitrogens with one attached hydrogen (secondary N) is 2. The van der Waals surface area contributed by atoms with Gasteiger partial charge in [0.05, 0.1) is 28.2 Å². The number of pyridine rings is 1. The van der Waals surface area contributed by atoms with Crippen LogP contribution in [-0.4, -0.2) is 36.0 Å². The molecule has 8 nitrogen and oxygen atoms in total. The van der Waals surface area contributed by atoms with Crippen LogP contribution in [0.1, 0.15) is 177 Å². The second-order valence-corrected chi connectivity index (χ2v) is 23.0. The van der Waals surface area contributed by atoms with Crippen LogP contribution in [0.15, 0.2) is 53.8 Å². The zero-order valence-electron chi connectivity index (χ0n) is 41.3. The van der Waals surface area contributed by atoms with E-state index in [-0.39, 0.29) is 44.8 Å². The molecule has 8 heteroatoms. The highest BCUT2D eigenvalue weighted by molar-refractivity contribution is 6.07. The van der Waals surface area contributed by atoms with Crippen molar-refractivity contribution in [1.29, 1.82) is 0 Å². The summed E-state index contributed by atoms with van der Waals surface area (Å²) in [6.45, 7) is 26.8. The molecule has 5 saturated carbocycles. The summed E-state index contributed by atoms with van der Waals surface area (Å²) in [5, 5.41) is 18.7. The van der Waals surface area contributed by atoms with Gasteiger partial charge in [-0.15, -0.1) is 0 Å². The molecule has 7 rings (SSSR count). The van der Waals surface area contributed by atoms with Crippen molar-refractivity contribution in [2.24, 2.45) is 56.7 Å². The molecular formula is C56H84N3O5+. The molecule has 5 aliphatic carbocycles. The first-order valence-electron chi connectivity index (χ1n) is 25.5. The number of aryl methyl sites for hydroxylation is 2. The number of aromatic nitrogens is 1. The summed E-state index contributed by atoms with van der Waals surface area (Å²) in [6.07, 6.45) is 20.5. The number of unbranched alkanes of at least 4 members (excludes halogenated alkanes) is 7. The minimum atomic E-state index is -0.289. The number of benzene rings is 1. The van der Waals surface area contributed by atoms with Crippen LogP contribution in [0.2, 0.25) is 0 Å². The Balaban J connectivity index is 0.872. The molecule has 0 bridgehead atoms. The largest absolute Gasteiger partial charge is 0.433 e. The van der Waals surface area contributed by atoms with Crippen molar-refractivity contribution in [3.05, 3.63) is 59.5 Å². The van der Waals surface area contributed by atoms with Crippen molar-refractivity contribution in [2.75, 3.05) is 11.9 Å². The second kappa shape index (κ2) is 19.0. The normalized spacial score (nSPS) is 34.3. The third kappa shape index (κ3) is 8.42. The van der Waals surface area contributed by atoms with E-state index in [9.17, 15) is 19.5 Å². The van der Waals surface area contributed by atoms with Gasteiger partial charge in [-0.3, -0.25) is 14.4 Å². The van der Waals surface area contributed by atoms with Gasteiger partial charge in [-0.1, -0.05) is 91.0 Å². The van der Waals surface area contributed by atoms with Crippen LogP contribution in [0.5, 0.6) is 0 Å². The van der Waals surface area contributed by atoms with Crippen LogP contribution in [0.3, 0.4) is 0 Å². The molecule has 5 aliphatic rings. The molecular weight excluding hydrogens is 795 g/mol. The Morgan fingerprint density at radius 3 is 2.22 bits per heavy atom. The van der Waals surface area contributed by atoms with E-state index >= 15 is 0 Å². The van der Waals surface area contributed by atoms with Crippen LogP contribution in [0.4, 0.5) is 5.69 Å². The molecule has 3 N–H and O–H groups in total. The number of carbonyl (C=O) groups is 3. The first-order valence-corrected chi connectivity index (χ1v) is 25.5. The summed E-state index contributed by atoms with van der Waals surface area (Å²) >= 11 is 0. The number of fused-ring (bicyclic) bond motifs is 8.